The first-order valence-electron chi connectivity index (χ1n) is 11.8. The first-order chi connectivity index (χ1) is 17.2. The molecule has 0 spiro atoms. The van der Waals surface area contributed by atoms with Crippen LogP contribution >= 0.6 is 0 Å². The summed E-state index contributed by atoms with van der Waals surface area (Å²) in [4.78, 5) is 17.8. The Balaban J connectivity index is 1.53. The largest absolute Gasteiger partial charge is 0.326 e. The van der Waals surface area contributed by atoms with Gasteiger partial charge < -0.3 is 9.88 Å². The molecule has 8 heteroatoms. The SMILES string of the molecule is CCS(=O)(=O)c1ccc(CC(=O)Nc2ccc3nc(Cc4ccc(C#N)cc4)n(C(C)C)c3c2)cc1. The van der Waals surface area contributed by atoms with Gasteiger partial charge in [-0.1, -0.05) is 31.2 Å². The van der Waals surface area contributed by atoms with E-state index in [2.05, 4.69) is 29.8 Å². The van der Waals surface area contributed by atoms with Crippen LogP contribution in [0, 0.1) is 11.3 Å². The second-order valence-electron chi connectivity index (χ2n) is 8.95. The van der Waals surface area contributed by atoms with Gasteiger partial charge in [0.2, 0.25) is 5.91 Å². The lowest BCUT2D eigenvalue weighted by Crippen LogP contribution is -2.14. The van der Waals surface area contributed by atoms with Gasteiger partial charge in [-0.15, -0.1) is 0 Å². The summed E-state index contributed by atoms with van der Waals surface area (Å²) in [5.41, 5.74) is 4.87. The lowest BCUT2D eigenvalue weighted by Gasteiger charge is -2.14. The smallest absolute Gasteiger partial charge is 0.228 e. The van der Waals surface area contributed by atoms with Gasteiger partial charge in [0.25, 0.3) is 0 Å². The highest BCUT2D eigenvalue weighted by Crippen LogP contribution is 2.26. The Bertz CT molecular complexity index is 1550. The van der Waals surface area contributed by atoms with E-state index in [1.165, 1.54) is 0 Å². The second-order valence-corrected chi connectivity index (χ2v) is 11.2. The number of hydrogen-bond donors (Lipinski definition) is 1. The zero-order chi connectivity index (χ0) is 25.9. The Hall–Kier alpha value is -3.96. The number of anilines is 1. The molecular formula is C28H28N4O3S. The first-order valence-corrected chi connectivity index (χ1v) is 13.5. The number of imidazole rings is 1. The van der Waals surface area contributed by atoms with E-state index in [0.29, 0.717) is 17.7 Å². The number of benzene rings is 3. The lowest BCUT2D eigenvalue weighted by atomic mass is 10.1. The molecule has 0 unspecified atom stereocenters. The Labute approximate surface area is 211 Å². The fraction of sp³-hybridized carbons (Fsp3) is 0.250. The topological polar surface area (TPSA) is 105 Å². The Morgan fingerprint density at radius 1 is 1.03 bits per heavy atom. The highest BCUT2D eigenvalue weighted by molar-refractivity contribution is 7.91. The van der Waals surface area contributed by atoms with Gasteiger partial charge in [0, 0.05) is 18.2 Å². The third-order valence-electron chi connectivity index (χ3n) is 6.04. The van der Waals surface area contributed by atoms with Gasteiger partial charge in [-0.3, -0.25) is 4.79 Å². The van der Waals surface area contributed by atoms with Crippen molar-refractivity contribution >= 4 is 32.5 Å². The van der Waals surface area contributed by atoms with Gasteiger partial charge >= 0.3 is 0 Å². The molecule has 0 saturated heterocycles. The molecule has 184 valence electrons. The van der Waals surface area contributed by atoms with Gasteiger partial charge in [-0.2, -0.15) is 5.26 Å². The number of carbonyl (C=O) groups is 1. The summed E-state index contributed by atoms with van der Waals surface area (Å²) in [6.45, 7) is 5.79. The summed E-state index contributed by atoms with van der Waals surface area (Å²) in [7, 11) is -3.27. The summed E-state index contributed by atoms with van der Waals surface area (Å²) in [5, 5.41) is 12.0. The van der Waals surface area contributed by atoms with Crippen molar-refractivity contribution in [3.05, 3.63) is 89.2 Å². The van der Waals surface area contributed by atoms with Crippen molar-refractivity contribution in [3.8, 4) is 6.07 Å². The van der Waals surface area contributed by atoms with E-state index in [-0.39, 0.29) is 29.0 Å². The van der Waals surface area contributed by atoms with Crippen LogP contribution in [0.3, 0.4) is 0 Å². The number of nitriles is 1. The Morgan fingerprint density at radius 3 is 2.31 bits per heavy atom. The van der Waals surface area contributed by atoms with Gasteiger partial charge in [0.1, 0.15) is 5.82 Å². The Kier molecular flexibility index (Phi) is 7.22. The van der Waals surface area contributed by atoms with Gasteiger partial charge in [-0.05, 0) is 67.4 Å². The average Bonchev–Trinajstić information content (AvgIpc) is 3.22. The summed E-state index contributed by atoms with van der Waals surface area (Å²) in [5.74, 6) is 0.765. The number of rotatable bonds is 8. The van der Waals surface area contributed by atoms with Crippen LogP contribution in [0.25, 0.3) is 11.0 Å². The number of carbonyl (C=O) groups excluding carboxylic acids is 1. The number of amides is 1. The van der Waals surface area contributed by atoms with E-state index in [1.54, 1.807) is 31.2 Å². The van der Waals surface area contributed by atoms with Crippen molar-refractivity contribution in [2.24, 2.45) is 0 Å². The molecule has 0 aliphatic rings. The number of nitrogens with one attached hydrogen (secondary N) is 1. The van der Waals surface area contributed by atoms with Gasteiger partial charge in [0.05, 0.1) is 39.7 Å². The predicted octanol–water partition coefficient (Wildman–Crippen LogP) is 5.05. The molecule has 0 aliphatic heterocycles. The molecule has 1 N–H and O–H groups in total. The molecule has 1 aromatic heterocycles. The molecule has 36 heavy (non-hydrogen) atoms. The van der Waals surface area contributed by atoms with E-state index in [1.807, 2.05) is 42.5 Å². The molecule has 0 fully saturated rings. The van der Waals surface area contributed by atoms with Crippen LogP contribution in [0.5, 0.6) is 0 Å². The minimum absolute atomic E-state index is 0.0391. The quantitative estimate of drug-likeness (QED) is 0.364. The van der Waals surface area contributed by atoms with E-state index in [4.69, 9.17) is 10.2 Å². The monoisotopic (exact) mass is 500 g/mol. The molecule has 7 nitrogen and oxygen atoms in total. The third kappa shape index (κ3) is 5.47. The number of fused-ring (bicyclic) bond motifs is 1. The average molecular weight is 501 g/mol. The molecule has 0 atom stereocenters. The second kappa shape index (κ2) is 10.3. The summed E-state index contributed by atoms with van der Waals surface area (Å²) in [6.07, 6.45) is 0.766. The minimum Gasteiger partial charge on any atom is -0.326 e. The van der Waals surface area contributed by atoms with Crippen LogP contribution in [0.2, 0.25) is 0 Å². The molecule has 1 amide bonds. The third-order valence-corrected chi connectivity index (χ3v) is 7.79. The number of aromatic nitrogens is 2. The van der Waals surface area contributed by atoms with E-state index in [0.717, 1.165) is 28.0 Å². The molecule has 0 bridgehead atoms. The van der Waals surface area contributed by atoms with Crippen molar-refractivity contribution in [2.75, 3.05) is 11.1 Å². The molecule has 4 rings (SSSR count). The van der Waals surface area contributed by atoms with E-state index in [9.17, 15) is 13.2 Å². The maximum Gasteiger partial charge on any atom is 0.228 e. The normalized spacial score (nSPS) is 11.5. The summed E-state index contributed by atoms with van der Waals surface area (Å²) in [6, 6.07) is 21.9. The van der Waals surface area contributed by atoms with Crippen molar-refractivity contribution in [1.82, 2.24) is 9.55 Å². The fourth-order valence-corrected chi connectivity index (χ4v) is 5.06. The van der Waals surface area contributed by atoms with Crippen molar-refractivity contribution in [3.63, 3.8) is 0 Å². The van der Waals surface area contributed by atoms with Crippen LogP contribution in [-0.4, -0.2) is 29.6 Å². The highest BCUT2D eigenvalue weighted by atomic mass is 32.2. The fourth-order valence-electron chi connectivity index (χ4n) is 4.17. The van der Waals surface area contributed by atoms with Gasteiger partial charge in [0.15, 0.2) is 9.84 Å². The molecule has 1 heterocycles. The maximum atomic E-state index is 12.7. The van der Waals surface area contributed by atoms with Crippen molar-refractivity contribution < 1.29 is 13.2 Å². The zero-order valence-corrected chi connectivity index (χ0v) is 21.3. The molecule has 3 aromatic carbocycles. The zero-order valence-electron chi connectivity index (χ0n) is 20.5. The number of hydrogen-bond acceptors (Lipinski definition) is 5. The summed E-state index contributed by atoms with van der Waals surface area (Å²) >= 11 is 0. The molecule has 0 saturated carbocycles. The van der Waals surface area contributed by atoms with Crippen molar-refractivity contribution in [1.29, 1.82) is 5.26 Å². The predicted molar refractivity (Wildman–Crippen MR) is 141 cm³/mol. The molecule has 0 aliphatic carbocycles. The maximum absolute atomic E-state index is 12.7. The van der Waals surface area contributed by atoms with E-state index >= 15 is 0 Å². The number of sulfone groups is 1. The highest BCUT2D eigenvalue weighted by Gasteiger charge is 2.16. The van der Waals surface area contributed by atoms with Crippen LogP contribution in [0.1, 0.15) is 49.3 Å². The molecule has 4 aromatic rings. The van der Waals surface area contributed by atoms with Crippen LogP contribution < -0.4 is 5.32 Å². The van der Waals surface area contributed by atoms with E-state index < -0.39 is 9.84 Å². The molecular weight excluding hydrogens is 472 g/mol. The standard InChI is InChI=1S/C28H28N4O3S/c1-4-36(34,35)24-12-9-21(10-13-24)16-28(33)30-23-11-14-25-26(17-23)32(19(2)3)27(31-25)15-20-5-7-22(18-29)8-6-20/h5-14,17,19H,4,15-16H2,1-3H3,(H,30,33). The number of nitrogens with zero attached hydrogens (tertiary/aromatic N) is 3. The minimum atomic E-state index is -3.27. The first kappa shape index (κ1) is 25.1. The van der Waals surface area contributed by atoms with Crippen LogP contribution in [-0.2, 0) is 27.5 Å². The van der Waals surface area contributed by atoms with Crippen LogP contribution in [0.15, 0.2) is 71.6 Å². The van der Waals surface area contributed by atoms with Crippen molar-refractivity contribution in [2.45, 2.75) is 44.6 Å². The van der Waals surface area contributed by atoms with Crippen LogP contribution in [0.4, 0.5) is 5.69 Å². The van der Waals surface area contributed by atoms with Gasteiger partial charge in [-0.25, -0.2) is 13.4 Å². The Morgan fingerprint density at radius 2 is 1.69 bits per heavy atom. The lowest BCUT2D eigenvalue weighted by molar-refractivity contribution is -0.115. The summed E-state index contributed by atoms with van der Waals surface area (Å²) < 4.78 is 26.1. The molecule has 0 radical (unpaired) electrons.